The van der Waals surface area contributed by atoms with Gasteiger partial charge in [-0.1, -0.05) is 12.8 Å². The molecule has 5 heterocycles. The van der Waals surface area contributed by atoms with Gasteiger partial charge in [0.1, 0.15) is 37.8 Å². The highest BCUT2D eigenvalue weighted by Crippen LogP contribution is 2.41. The topological polar surface area (TPSA) is 267 Å². The molecular weight excluding hydrogens is 555 g/mol. The second-order valence-corrected chi connectivity index (χ2v) is 12.9. The number of nitrogen functional groups attached to an aromatic ring is 1. The minimum absolute atomic E-state index is 0. The van der Waals surface area contributed by atoms with Gasteiger partial charge in [0.25, 0.3) is 0 Å². The zero-order valence-electron chi connectivity index (χ0n) is 21.3. The largest absolute Gasteiger partial charge is 0.778 e. The first-order valence-corrected chi connectivity index (χ1v) is 15.2. The molecule has 2 aromatic heterocycles. The molecule has 5 rings (SSSR count). The van der Waals surface area contributed by atoms with Gasteiger partial charge >= 0.3 is 6.03 Å². The van der Waals surface area contributed by atoms with Crippen molar-refractivity contribution in [2.45, 2.75) is 73.7 Å². The van der Waals surface area contributed by atoms with Gasteiger partial charge in [-0.2, -0.15) is 11.8 Å². The molecule has 3 aliphatic rings. The molecule has 0 aromatic carbocycles. The maximum atomic E-state index is 12.5. The van der Waals surface area contributed by atoms with Crippen molar-refractivity contribution in [3.8, 4) is 0 Å². The number of rotatable bonds is 11. The van der Waals surface area contributed by atoms with Gasteiger partial charge in [-0.25, -0.2) is 19.7 Å². The minimum atomic E-state index is -4.45. The van der Waals surface area contributed by atoms with E-state index in [-0.39, 0.29) is 42.2 Å². The number of hydrogen-bond acceptors (Lipinski definition) is 13. The number of nitrogens with two attached hydrogens (primary N) is 1. The Morgan fingerprint density at radius 3 is 2.87 bits per heavy atom. The van der Waals surface area contributed by atoms with Crippen LogP contribution in [-0.4, -0.2) is 101 Å². The average molecular weight is 591 g/mol. The smallest absolute Gasteiger partial charge is 0.315 e. The summed E-state index contributed by atoms with van der Waals surface area (Å²) in [5.41, 5.74) is 6.36. The van der Waals surface area contributed by atoms with Crippen molar-refractivity contribution in [1.82, 2.24) is 36.3 Å². The van der Waals surface area contributed by atoms with E-state index >= 15 is 0 Å². The number of fused-ring (bicyclic) bond motifs is 2. The second kappa shape index (κ2) is 12.2. The van der Waals surface area contributed by atoms with Gasteiger partial charge in [-0.15, -0.1) is 0 Å². The quantitative estimate of drug-likeness (QED) is 0.0947. The number of amides is 2. The van der Waals surface area contributed by atoms with Crippen LogP contribution in [0.4, 0.5) is 10.6 Å². The molecular formula is C21H35N8O8PS. The van der Waals surface area contributed by atoms with Crippen molar-refractivity contribution < 1.29 is 38.8 Å². The number of hydrogen-bond donors (Lipinski definition) is 7. The molecule has 0 saturated carbocycles. The van der Waals surface area contributed by atoms with Crippen molar-refractivity contribution in [1.29, 1.82) is 0 Å². The number of carbonyl (C=O) groups excluding carboxylic acids is 1. The van der Waals surface area contributed by atoms with Crippen LogP contribution < -0.4 is 27.4 Å². The molecule has 9 atom stereocenters. The van der Waals surface area contributed by atoms with E-state index in [2.05, 4.69) is 25.6 Å². The molecule has 2 amide bonds. The highest BCUT2D eigenvalue weighted by atomic mass is 32.2. The summed E-state index contributed by atoms with van der Waals surface area (Å²) in [4.78, 5) is 36.0. The van der Waals surface area contributed by atoms with Gasteiger partial charge in [-0.3, -0.25) is 4.57 Å². The summed E-state index contributed by atoms with van der Waals surface area (Å²) in [6, 6.07) is 0.123. The molecule has 2 aromatic rings. The number of nitrogens with one attached hydrogen (secondary N) is 2. The standard InChI is InChI=1S/C21H32N7O8PS.H3N/c22-18-15-19(24-8-23-18)28(9-25-15)20-17(31)16(30)12(36-20)5-35-37(33,34)6-10(29)3-1-2-4-13-14-11(7-38-13)26-21(32)27-14;/h8-14,16-17,20,29-31H,1-7H2,(H,33,34)(H2,22,23,24)(H2,26,27,32);1H3/t10?,11-,12+,13-,14-,16+,17+,20+;/m0./s1. The molecule has 18 heteroatoms. The predicted octanol–water partition coefficient (Wildman–Crippen LogP) is -0.939. The Hall–Kier alpha value is -2.08. The molecule has 11 N–H and O–H groups in total. The van der Waals surface area contributed by atoms with Crippen molar-refractivity contribution in [3.63, 3.8) is 0 Å². The molecule has 0 radical (unpaired) electrons. The number of urea groups is 1. The summed E-state index contributed by atoms with van der Waals surface area (Å²) in [5, 5.41) is 37.3. The van der Waals surface area contributed by atoms with E-state index in [1.165, 1.54) is 17.2 Å². The zero-order chi connectivity index (χ0) is 27.0. The molecule has 2 unspecified atom stereocenters. The summed E-state index contributed by atoms with van der Waals surface area (Å²) in [5.74, 6) is 1.00. The van der Waals surface area contributed by atoms with Gasteiger partial charge in [-0.05, 0) is 12.8 Å². The number of nitrogens with zero attached hydrogens (tertiary/aromatic N) is 4. The molecule has 3 fully saturated rings. The Bertz CT molecular complexity index is 1210. The number of anilines is 1. The molecule has 16 nitrogen and oxygen atoms in total. The number of unbranched alkanes of at least 4 members (excludes halogenated alkanes) is 1. The Labute approximate surface area is 228 Å². The van der Waals surface area contributed by atoms with E-state index < -0.39 is 51.0 Å². The van der Waals surface area contributed by atoms with Gasteiger partial charge in [0.05, 0.1) is 31.1 Å². The fraction of sp³-hybridized carbons (Fsp3) is 0.714. The first-order chi connectivity index (χ1) is 18.1. The lowest BCUT2D eigenvalue weighted by atomic mass is 10.0. The molecule has 3 saturated heterocycles. The number of aliphatic hydroxyl groups is 3. The van der Waals surface area contributed by atoms with E-state index in [1.807, 2.05) is 0 Å². The van der Waals surface area contributed by atoms with Crippen LogP contribution in [0.2, 0.25) is 0 Å². The number of imidazole rings is 1. The monoisotopic (exact) mass is 590 g/mol. The average Bonchev–Trinajstić information content (AvgIpc) is 3.61. The number of thioether (sulfide) groups is 1. The number of aliphatic hydroxyl groups excluding tert-OH is 3. The summed E-state index contributed by atoms with van der Waals surface area (Å²) in [7, 11) is -4.45. The molecule has 0 aliphatic carbocycles. The zero-order valence-corrected chi connectivity index (χ0v) is 23.0. The Morgan fingerprint density at radius 2 is 2.08 bits per heavy atom. The predicted molar refractivity (Wildman–Crippen MR) is 140 cm³/mol. The lowest BCUT2D eigenvalue weighted by molar-refractivity contribution is -0.203. The van der Waals surface area contributed by atoms with Crippen LogP contribution in [0.1, 0.15) is 31.9 Å². The number of quaternary nitrogens is 1. The molecule has 0 spiro atoms. The van der Waals surface area contributed by atoms with Crippen LogP contribution >= 0.6 is 19.4 Å². The van der Waals surface area contributed by atoms with E-state index in [4.69, 9.17) is 15.0 Å². The van der Waals surface area contributed by atoms with Gasteiger partial charge in [0.2, 0.25) is 0 Å². The van der Waals surface area contributed by atoms with Crippen LogP contribution in [0.25, 0.3) is 11.2 Å². The fourth-order valence-corrected chi connectivity index (χ4v) is 7.83. The molecule has 3 aliphatic heterocycles. The third kappa shape index (κ3) is 6.47. The molecule has 39 heavy (non-hydrogen) atoms. The minimum Gasteiger partial charge on any atom is -0.778 e. The van der Waals surface area contributed by atoms with Crippen molar-refractivity contribution in [2.24, 2.45) is 0 Å². The van der Waals surface area contributed by atoms with E-state index in [1.54, 1.807) is 11.8 Å². The van der Waals surface area contributed by atoms with Crippen molar-refractivity contribution in [2.75, 3.05) is 24.3 Å². The summed E-state index contributed by atoms with van der Waals surface area (Å²) in [6.07, 6.45) is -1.66. The fourth-order valence-electron chi connectivity index (χ4n) is 5.11. The van der Waals surface area contributed by atoms with Crippen LogP contribution in [0.3, 0.4) is 0 Å². The van der Waals surface area contributed by atoms with Crippen molar-refractivity contribution in [3.05, 3.63) is 12.7 Å². The Kier molecular flexibility index (Phi) is 9.35. The highest BCUT2D eigenvalue weighted by Gasteiger charge is 2.45. The van der Waals surface area contributed by atoms with Gasteiger partial charge in [0.15, 0.2) is 17.7 Å². The van der Waals surface area contributed by atoms with Crippen LogP contribution in [0.15, 0.2) is 12.7 Å². The first-order valence-electron chi connectivity index (χ1n) is 12.4. The number of ether oxygens (including phenoxy) is 1. The lowest BCUT2D eigenvalue weighted by Gasteiger charge is -2.27. The maximum absolute atomic E-state index is 12.5. The summed E-state index contributed by atoms with van der Waals surface area (Å²) >= 11 is 1.80. The Balaban J connectivity index is 0.00000353. The first kappa shape index (κ1) is 29.9. The summed E-state index contributed by atoms with van der Waals surface area (Å²) < 4.78 is 24.6. The number of carbonyl (C=O) groups is 1. The normalized spacial score (nSPS) is 32.3. The second-order valence-electron chi connectivity index (χ2n) is 9.78. The summed E-state index contributed by atoms with van der Waals surface area (Å²) in [6.45, 7) is -0.535. The van der Waals surface area contributed by atoms with Crippen LogP contribution in [0, 0.1) is 0 Å². The molecule has 218 valence electrons. The Morgan fingerprint density at radius 1 is 1.28 bits per heavy atom. The number of aromatic nitrogens is 4. The van der Waals surface area contributed by atoms with Gasteiger partial charge in [0, 0.05) is 17.2 Å². The van der Waals surface area contributed by atoms with Crippen LogP contribution in [0.5, 0.6) is 0 Å². The van der Waals surface area contributed by atoms with Crippen LogP contribution in [-0.2, 0) is 13.8 Å². The maximum Gasteiger partial charge on any atom is 0.315 e. The van der Waals surface area contributed by atoms with E-state index in [0.29, 0.717) is 17.2 Å². The third-order valence-electron chi connectivity index (χ3n) is 7.08. The highest BCUT2D eigenvalue weighted by molar-refractivity contribution is 8.00. The van der Waals surface area contributed by atoms with Gasteiger partial charge < -0.3 is 56.6 Å². The van der Waals surface area contributed by atoms with E-state index in [0.717, 1.165) is 18.6 Å². The van der Waals surface area contributed by atoms with E-state index in [9.17, 15) is 29.6 Å². The van der Waals surface area contributed by atoms with Crippen molar-refractivity contribution >= 4 is 42.4 Å². The SMILES string of the molecule is Nc1ncnc2c1ncn2[C@@H]1O[C@H](COP(=O)([O-])CC(O)CCCC[C@@H]2SC[C@@H]3NC(=O)N[C@@H]32)[C@@H](O)[C@H]1O.[NH4+]. The molecule has 0 bridgehead atoms. The lowest BCUT2D eigenvalue weighted by Crippen LogP contribution is -2.36. The third-order valence-corrected chi connectivity index (χ3v) is 10.0.